The molecule has 2 unspecified atom stereocenters. The smallest absolute Gasteiger partial charge is 0.160 e. The van der Waals surface area contributed by atoms with E-state index in [1.807, 2.05) is 30.3 Å². The number of hydrogen-bond acceptors (Lipinski definition) is 2. The van der Waals surface area contributed by atoms with Gasteiger partial charge in [-0.1, -0.05) is 42.5 Å². The summed E-state index contributed by atoms with van der Waals surface area (Å²) in [5.41, 5.74) is 2.07. The topological polar surface area (TPSA) is 26.3 Å². The average molecular weight is 208 g/mol. The Hall–Kier alpha value is -0.930. The molecule has 3 heteroatoms. The van der Waals surface area contributed by atoms with Crippen LogP contribution in [0, 0.1) is 0 Å². The first-order chi connectivity index (χ1) is 6.75. The standard InChI is InChI=1S/C11H12O2S/c1-9-7-11(13-14(12)8-9)10-5-3-2-4-6-10/h2-6,11H,1,7-8H2. The molecule has 0 amide bonds. The predicted octanol–water partition coefficient (Wildman–Crippen LogP) is 2.37. The van der Waals surface area contributed by atoms with Gasteiger partial charge in [-0.25, -0.2) is 4.21 Å². The number of rotatable bonds is 1. The Balaban J connectivity index is 2.19. The SMILES string of the molecule is C=C1CC(c2ccccc2)OS(=O)C1. The first-order valence-electron chi connectivity index (χ1n) is 4.53. The van der Waals surface area contributed by atoms with E-state index in [1.165, 1.54) is 0 Å². The maximum Gasteiger partial charge on any atom is 0.160 e. The largest absolute Gasteiger partial charge is 0.282 e. The summed E-state index contributed by atoms with van der Waals surface area (Å²) in [6.07, 6.45) is 0.689. The van der Waals surface area contributed by atoms with Crippen molar-refractivity contribution in [3.8, 4) is 0 Å². The van der Waals surface area contributed by atoms with Crippen LogP contribution >= 0.6 is 0 Å². The van der Waals surface area contributed by atoms with Crippen molar-refractivity contribution < 1.29 is 8.39 Å². The summed E-state index contributed by atoms with van der Waals surface area (Å²) < 4.78 is 16.6. The van der Waals surface area contributed by atoms with Crippen LogP contribution in [0.5, 0.6) is 0 Å². The molecule has 1 aliphatic rings. The molecule has 2 rings (SSSR count). The molecule has 0 aromatic heterocycles. The van der Waals surface area contributed by atoms with Gasteiger partial charge in [0.15, 0.2) is 11.1 Å². The lowest BCUT2D eigenvalue weighted by molar-refractivity contribution is 0.222. The van der Waals surface area contributed by atoms with Gasteiger partial charge in [-0.2, -0.15) is 0 Å². The van der Waals surface area contributed by atoms with Gasteiger partial charge in [-0.05, 0) is 5.56 Å². The molecule has 0 aliphatic carbocycles. The van der Waals surface area contributed by atoms with Crippen LogP contribution in [0.2, 0.25) is 0 Å². The van der Waals surface area contributed by atoms with Crippen molar-refractivity contribution in [1.29, 1.82) is 0 Å². The van der Waals surface area contributed by atoms with Crippen molar-refractivity contribution in [2.75, 3.05) is 5.75 Å². The molecule has 0 N–H and O–H groups in total. The second-order valence-corrected chi connectivity index (χ2v) is 4.49. The van der Waals surface area contributed by atoms with Gasteiger partial charge in [0.2, 0.25) is 0 Å². The number of benzene rings is 1. The second-order valence-electron chi connectivity index (χ2n) is 3.40. The maximum atomic E-state index is 11.3. The van der Waals surface area contributed by atoms with E-state index in [0.717, 1.165) is 17.6 Å². The zero-order chi connectivity index (χ0) is 9.97. The molecule has 2 atom stereocenters. The highest BCUT2D eigenvalue weighted by Crippen LogP contribution is 2.29. The summed E-state index contributed by atoms with van der Waals surface area (Å²) in [5.74, 6) is 0.476. The Morgan fingerprint density at radius 1 is 1.36 bits per heavy atom. The van der Waals surface area contributed by atoms with E-state index in [-0.39, 0.29) is 6.10 Å². The summed E-state index contributed by atoms with van der Waals surface area (Å²) >= 11 is -1.20. The van der Waals surface area contributed by atoms with Crippen LogP contribution in [0.25, 0.3) is 0 Å². The van der Waals surface area contributed by atoms with E-state index >= 15 is 0 Å². The van der Waals surface area contributed by atoms with Crippen LogP contribution in [0.3, 0.4) is 0 Å². The zero-order valence-electron chi connectivity index (χ0n) is 7.81. The fraction of sp³-hybridized carbons (Fsp3) is 0.273. The van der Waals surface area contributed by atoms with E-state index in [9.17, 15) is 4.21 Å². The monoisotopic (exact) mass is 208 g/mol. The Labute approximate surface area is 86.3 Å². The lowest BCUT2D eigenvalue weighted by Gasteiger charge is -2.23. The lowest BCUT2D eigenvalue weighted by atomic mass is 10.0. The minimum atomic E-state index is -1.20. The van der Waals surface area contributed by atoms with Gasteiger partial charge in [0.05, 0.1) is 5.75 Å². The van der Waals surface area contributed by atoms with E-state index in [2.05, 4.69) is 6.58 Å². The Bertz CT molecular complexity index is 343. The van der Waals surface area contributed by atoms with E-state index in [4.69, 9.17) is 4.18 Å². The Kier molecular flexibility index (Phi) is 2.79. The molecule has 0 saturated carbocycles. The molecule has 0 bridgehead atoms. The van der Waals surface area contributed by atoms with Crippen LogP contribution in [-0.2, 0) is 15.3 Å². The quantitative estimate of drug-likeness (QED) is 0.662. The highest BCUT2D eigenvalue weighted by molar-refractivity contribution is 7.80. The normalized spacial score (nSPS) is 27.6. The zero-order valence-corrected chi connectivity index (χ0v) is 8.63. The average Bonchev–Trinajstić information content (AvgIpc) is 2.18. The van der Waals surface area contributed by atoms with E-state index < -0.39 is 11.1 Å². The van der Waals surface area contributed by atoms with Gasteiger partial charge in [0.1, 0.15) is 6.10 Å². The summed E-state index contributed by atoms with van der Waals surface area (Å²) in [7, 11) is 0. The van der Waals surface area contributed by atoms with Crippen molar-refractivity contribution in [3.63, 3.8) is 0 Å². The molecule has 1 aromatic rings. The molecule has 0 radical (unpaired) electrons. The van der Waals surface area contributed by atoms with Gasteiger partial charge < -0.3 is 0 Å². The van der Waals surface area contributed by atoms with Gasteiger partial charge in [-0.15, -0.1) is 0 Å². The third-order valence-electron chi connectivity index (χ3n) is 2.19. The van der Waals surface area contributed by atoms with Crippen LogP contribution in [-0.4, -0.2) is 9.96 Å². The van der Waals surface area contributed by atoms with Crippen LogP contribution in [0.15, 0.2) is 42.5 Å². The van der Waals surface area contributed by atoms with Gasteiger partial charge in [0, 0.05) is 6.42 Å². The fourth-order valence-electron chi connectivity index (χ4n) is 1.53. The Morgan fingerprint density at radius 3 is 2.71 bits per heavy atom. The van der Waals surface area contributed by atoms with Gasteiger partial charge >= 0.3 is 0 Å². The van der Waals surface area contributed by atoms with Crippen molar-refractivity contribution in [1.82, 2.24) is 0 Å². The third-order valence-corrected chi connectivity index (χ3v) is 3.28. The van der Waals surface area contributed by atoms with E-state index in [0.29, 0.717) is 5.75 Å². The molecule has 1 heterocycles. The van der Waals surface area contributed by atoms with Crippen LogP contribution in [0.4, 0.5) is 0 Å². The molecule has 14 heavy (non-hydrogen) atoms. The second kappa shape index (κ2) is 4.07. The molecule has 2 nitrogen and oxygen atoms in total. The van der Waals surface area contributed by atoms with Crippen LogP contribution < -0.4 is 0 Å². The van der Waals surface area contributed by atoms with Gasteiger partial charge in [0.25, 0.3) is 0 Å². The minimum Gasteiger partial charge on any atom is -0.282 e. The van der Waals surface area contributed by atoms with Crippen LogP contribution in [0.1, 0.15) is 18.1 Å². The highest BCUT2D eigenvalue weighted by atomic mass is 32.2. The summed E-state index contributed by atoms with van der Waals surface area (Å²) in [5, 5.41) is 0. The Morgan fingerprint density at radius 2 is 2.07 bits per heavy atom. The molecule has 74 valence electrons. The molecule has 1 saturated heterocycles. The van der Waals surface area contributed by atoms with Crippen molar-refractivity contribution in [2.45, 2.75) is 12.5 Å². The lowest BCUT2D eigenvalue weighted by Crippen LogP contribution is -2.17. The summed E-state index contributed by atoms with van der Waals surface area (Å²) in [4.78, 5) is 0. The van der Waals surface area contributed by atoms with E-state index in [1.54, 1.807) is 0 Å². The first-order valence-corrected chi connectivity index (χ1v) is 5.77. The van der Waals surface area contributed by atoms with Crippen molar-refractivity contribution in [3.05, 3.63) is 48.0 Å². The molecular weight excluding hydrogens is 196 g/mol. The number of hydrogen-bond donors (Lipinski definition) is 0. The molecule has 1 aromatic carbocycles. The van der Waals surface area contributed by atoms with Gasteiger partial charge in [-0.3, -0.25) is 4.18 Å². The molecular formula is C11H12O2S. The highest BCUT2D eigenvalue weighted by Gasteiger charge is 2.22. The molecule has 1 aliphatic heterocycles. The summed E-state index contributed by atoms with van der Waals surface area (Å²) in [6.45, 7) is 3.87. The predicted molar refractivity (Wildman–Crippen MR) is 57.0 cm³/mol. The fourth-order valence-corrected chi connectivity index (χ4v) is 2.48. The van der Waals surface area contributed by atoms with Crippen molar-refractivity contribution in [2.24, 2.45) is 0 Å². The molecule has 0 spiro atoms. The van der Waals surface area contributed by atoms with Crippen molar-refractivity contribution >= 4 is 11.1 Å². The summed E-state index contributed by atoms with van der Waals surface area (Å²) in [6, 6.07) is 9.84. The first kappa shape index (κ1) is 9.62. The maximum absolute atomic E-state index is 11.3. The molecule has 1 fully saturated rings. The minimum absolute atomic E-state index is 0.0849. The third kappa shape index (κ3) is 2.11.